The number of rotatable bonds is 44. The molecule has 8 rings (SSSR count). The Bertz CT molecular complexity index is 4690. The van der Waals surface area contributed by atoms with Gasteiger partial charge in [-0.05, 0) is 74.1 Å². The summed E-state index contributed by atoms with van der Waals surface area (Å²) in [7, 11) is 0. The van der Waals surface area contributed by atoms with Gasteiger partial charge in [0.1, 0.15) is 98.6 Å². The van der Waals surface area contributed by atoms with Crippen LogP contribution in [0.15, 0.2) is 48.5 Å². The third-order valence-corrected chi connectivity index (χ3v) is 22.5. The second kappa shape index (κ2) is 50.0. The molecule has 1 aliphatic carbocycles. The van der Waals surface area contributed by atoms with Gasteiger partial charge in [-0.3, -0.25) is 95.9 Å². The highest BCUT2D eigenvalue weighted by atomic mass is 32.1. The van der Waals surface area contributed by atoms with Crippen LogP contribution in [0.1, 0.15) is 157 Å². The van der Waals surface area contributed by atoms with Crippen LogP contribution in [0.3, 0.4) is 0 Å². The van der Waals surface area contributed by atoms with Gasteiger partial charge in [-0.15, -0.1) is 0 Å². The number of primary amides is 1. The highest BCUT2D eigenvalue weighted by molar-refractivity contribution is 7.80. The number of alkyl carbamates (subject to hydrolysis) is 1. The van der Waals surface area contributed by atoms with Crippen molar-refractivity contribution in [1.82, 2.24) is 47.0 Å². The average molecular weight is 1930 g/mol. The quantitative estimate of drug-likeness (QED) is 0.0186. The van der Waals surface area contributed by atoms with Crippen LogP contribution in [-0.2, 0) is 167 Å². The molecule has 742 valence electrons. The molecule has 0 saturated carbocycles. The molecule has 5 saturated heterocycles. The van der Waals surface area contributed by atoms with Gasteiger partial charge in [0.05, 0.1) is 12.7 Å². The maximum absolute atomic E-state index is 16.1. The molecule has 2 aromatic rings. The maximum atomic E-state index is 16.1. The van der Waals surface area contributed by atoms with Crippen molar-refractivity contribution in [2.24, 2.45) is 5.73 Å². The van der Waals surface area contributed by atoms with Crippen molar-refractivity contribution in [1.29, 1.82) is 0 Å². The minimum Gasteiger partial charge on any atom is -0.481 e. The molecule has 12 N–H and O–H groups in total. The van der Waals surface area contributed by atoms with E-state index in [1.165, 1.54) is 0 Å². The van der Waals surface area contributed by atoms with Gasteiger partial charge in [0.15, 0.2) is 55.5 Å². The lowest BCUT2D eigenvalue weighted by atomic mass is 9.94. The van der Waals surface area contributed by atoms with E-state index in [0.717, 1.165) is 108 Å². The van der Waals surface area contributed by atoms with Crippen LogP contribution in [0.2, 0.25) is 0 Å². The molecule has 5 aliphatic heterocycles. The number of nitrogens with two attached hydrogens (primary N) is 1. The van der Waals surface area contributed by atoms with E-state index in [0.29, 0.717) is 0 Å². The van der Waals surface area contributed by atoms with Crippen molar-refractivity contribution < 1.29 is 187 Å². The van der Waals surface area contributed by atoms with Crippen LogP contribution < -0.4 is 43.0 Å². The Labute approximate surface area is 776 Å². The third kappa shape index (κ3) is 30.4. The number of aliphatic carboxylic acids is 3. The molecule has 5 heterocycles. The Morgan fingerprint density at radius 2 is 0.867 bits per heavy atom. The fourth-order valence-corrected chi connectivity index (χ4v) is 16.7. The number of thiol groups is 1. The molecule has 50 heteroatoms. The molecular weight excluding hydrogens is 1820 g/mol. The number of hydrogen-bond acceptors (Lipinski definition) is 37. The van der Waals surface area contributed by atoms with Crippen LogP contribution in [0.4, 0.5) is 4.79 Å². The van der Waals surface area contributed by atoms with Gasteiger partial charge >= 0.3 is 71.8 Å². The summed E-state index contributed by atoms with van der Waals surface area (Å²) in [4.78, 5) is 288. The summed E-state index contributed by atoms with van der Waals surface area (Å²) in [5.41, 5.74) is 8.52. The molecule has 0 spiro atoms. The van der Waals surface area contributed by atoms with E-state index in [-0.39, 0.29) is 51.1 Å². The van der Waals surface area contributed by atoms with Crippen LogP contribution in [0.25, 0.3) is 11.1 Å². The molecule has 135 heavy (non-hydrogen) atoms. The molecule has 2 aromatic carbocycles. The fourth-order valence-electron chi connectivity index (χ4n) is 16.4. The number of fused-ring (bicyclic) bond motifs is 3. The smallest absolute Gasteiger partial charge is 0.407 e. The number of ether oxygens (including phenoxy) is 15. The molecule has 49 nitrogen and oxygen atoms in total. The van der Waals surface area contributed by atoms with E-state index in [9.17, 15) is 96.8 Å². The van der Waals surface area contributed by atoms with Crippen molar-refractivity contribution in [2.45, 2.75) is 287 Å². The van der Waals surface area contributed by atoms with Crippen LogP contribution in [-0.4, -0.2) is 336 Å². The van der Waals surface area contributed by atoms with Crippen LogP contribution in [0.5, 0.6) is 0 Å². The van der Waals surface area contributed by atoms with Gasteiger partial charge in [0.2, 0.25) is 53.2 Å². The summed E-state index contributed by atoms with van der Waals surface area (Å²) in [6.45, 7) is 6.61. The van der Waals surface area contributed by atoms with Gasteiger partial charge in [0, 0.05) is 113 Å². The minimum absolute atomic E-state index is 0.0408. The van der Waals surface area contributed by atoms with Gasteiger partial charge in [-0.2, -0.15) is 12.6 Å². The van der Waals surface area contributed by atoms with E-state index >= 15 is 19.2 Å². The second-order valence-electron chi connectivity index (χ2n) is 32.4. The standard InChI is InChI=1S/C85H112N10O39S/c1-37(124-83-67(88-39(3)97)72(134-84-74(130-47(11)105)73(129-46(10)104)70(127-44(8)102)60(133-84)34-121-41(5)99)69(126-43(7)101)61(132-83)35-122-82-66(87-38(2)96)71(128-45(9)103)68(125-42(6)100)59(131-82)33-120-40(4)98)65(93-77(114)54(25-28-63(108)109)92-85(119)123-32-52-50-20-14-12-18-48(50)49-19-13-15-21-51(49)52)79(116)90-55(26-29-64(110)111)80(117)95-31-17-23-58(95)81(118)94-30-16-22-57(94)78(115)89-53(24-27-62(106)107)76(113)91-56(36-135)75(86)112/h12-15,18-21,37,52-61,65-74,82-84,135H,16-17,22-36H2,1-11H3,(H2,86,112)(H,87,96)(H,88,97)(H,89,115)(H,90,116)(H,91,113)(H,92,119)(H,93,114)(H,106,107)(H,108,109)(H,110,111)/t37-,53+,54+,55+,56+,57+,58+,59-,60-,61-,65+,66-,67-,68-,69+,70+,71-,72-,73+,74-,82-,83+,84+/m1/s1. The number of carboxylic acids is 3. The number of benzene rings is 2. The third-order valence-electron chi connectivity index (χ3n) is 22.1. The molecular formula is C85H112N10O39S. The van der Waals surface area contributed by atoms with Gasteiger partial charge < -0.3 is 139 Å². The molecule has 0 radical (unpaired) electrons. The van der Waals surface area contributed by atoms with E-state index in [2.05, 4.69) is 49.8 Å². The largest absolute Gasteiger partial charge is 0.481 e. The number of carbonyl (C=O) groups excluding carboxylic acids is 18. The summed E-state index contributed by atoms with van der Waals surface area (Å²) < 4.78 is 90.0. The number of carboxylic acid groups (broad SMARTS) is 3. The first-order valence-corrected chi connectivity index (χ1v) is 43.6. The monoisotopic (exact) mass is 1930 g/mol. The number of amides is 10. The molecule has 10 amide bonds. The first-order chi connectivity index (χ1) is 63.7. The first-order valence-electron chi connectivity index (χ1n) is 43.0. The lowest BCUT2D eigenvalue weighted by Crippen LogP contribution is -2.70. The van der Waals surface area contributed by atoms with Gasteiger partial charge in [0.25, 0.3) is 0 Å². The number of nitrogens with zero attached hydrogens (tertiary/aromatic N) is 2. The lowest BCUT2D eigenvalue weighted by molar-refractivity contribution is -0.353. The summed E-state index contributed by atoms with van der Waals surface area (Å²) in [6, 6.07) is -2.01. The Kier molecular flexibility index (Phi) is 39.8. The van der Waals surface area contributed by atoms with Crippen LogP contribution >= 0.6 is 12.6 Å². The number of nitrogens with one attached hydrogen (secondary N) is 7. The summed E-state index contributed by atoms with van der Waals surface area (Å²) >= 11 is 4.03. The zero-order valence-electron chi connectivity index (χ0n) is 75.5. The average Bonchev–Trinajstić information content (AvgIpc) is 1.40. The Hall–Kier alpha value is -12.8. The summed E-state index contributed by atoms with van der Waals surface area (Å²) in [6.07, 6.45) is -34.7. The predicted molar refractivity (Wildman–Crippen MR) is 452 cm³/mol. The highest BCUT2D eigenvalue weighted by Crippen LogP contribution is 2.45. The van der Waals surface area contributed by atoms with E-state index in [1.54, 1.807) is 36.4 Å². The topological polar surface area (TPSA) is 674 Å². The molecule has 6 aliphatic rings. The first kappa shape index (κ1) is 108. The van der Waals surface area contributed by atoms with Gasteiger partial charge in [-0.1, -0.05) is 48.5 Å². The molecule has 0 aromatic heterocycles. The number of hydrogen-bond donors (Lipinski definition) is 12. The SMILES string of the molecule is CC(=O)N[C@H]1[C@@H](O[C@H](C)[C@H](NC(=O)[C@H](CCC(=O)O)NC(=O)OCC2c3ccccc3-c3ccccc32)C(=O)N[C@@H](CCC(=O)O)C(=O)N2CCC[C@H]2C(=O)N2CCC[C@H]2C(=O)N[C@@H](CCC(=O)O)C(=O)N[C@@H](CS)C(N)=O)O[C@H](CO[C@@H]2O[C@H](COC(C)=O)[C@@H](OC(C)=O)[C@H](OC(C)=O)[C@H]2NC(C)=O)[C@H](OC(C)=O)[C@@H]1O[C@@H]1O[C@H](COC(C)=O)[C@H](OC(C)=O)[C@H](OC(C)=O)[C@H]1OC(C)=O. The predicted octanol–water partition coefficient (Wildman–Crippen LogP) is -2.47. The summed E-state index contributed by atoms with van der Waals surface area (Å²) in [5, 5.41) is 47.1. The summed E-state index contributed by atoms with van der Waals surface area (Å²) in [5.74, 6) is -24.0. The number of esters is 8. The normalized spacial score (nSPS) is 25.2. The highest BCUT2D eigenvalue weighted by Gasteiger charge is 2.60. The lowest BCUT2D eigenvalue weighted by Gasteiger charge is -2.50. The zero-order chi connectivity index (χ0) is 99.7. The van der Waals surface area contributed by atoms with Crippen molar-refractivity contribution in [3.05, 3.63) is 59.7 Å². The van der Waals surface area contributed by atoms with Gasteiger partial charge in [-0.25, -0.2) is 4.79 Å². The van der Waals surface area contributed by atoms with Crippen molar-refractivity contribution in [3.8, 4) is 11.1 Å². The number of likely N-dealkylation sites (tertiary alicyclic amines) is 2. The Morgan fingerprint density at radius 1 is 0.444 bits per heavy atom. The van der Waals surface area contributed by atoms with E-state index < -0.39 is 330 Å². The maximum Gasteiger partial charge on any atom is 0.407 e. The van der Waals surface area contributed by atoms with E-state index in [1.807, 2.05) is 12.1 Å². The molecule has 5 fully saturated rings. The minimum atomic E-state index is -2.44. The Morgan fingerprint density at radius 3 is 1.36 bits per heavy atom. The zero-order valence-corrected chi connectivity index (χ0v) is 76.3. The fraction of sp³-hybridized carbons (Fsp3) is 0.612. The molecule has 0 unspecified atom stereocenters. The second-order valence-corrected chi connectivity index (χ2v) is 32.7. The van der Waals surface area contributed by atoms with E-state index in [4.69, 9.17) is 76.8 Å². The van der Waals surface area contributed by atoms with Crippen molar-refractivity contribution in [3.63, 3.8) is 0 Å². The van der Waals surface area contributed by atoms with Crippen molar-refractivity contribution >= 4 is 138 Å². The molecule has 23 atom stereocenters. The molecule has 0 bridgehead atoms. The Balaban J connectivity index is 1.27. The van der Waals surface area contributed by atoms with Crippen LogP contribution in [0, 0.1) is 0 Å². The van der Waals surface area contributed by atoms with Crippen molar-refractivity contribution in [2.75, 3.05) is 45.3 Å². The number of carbonyl (C=O) groups is 21.